The molecule has 0 aliphatic carbocycles. The first kappa shape index (κ1) is 30.9. The summed E-state index contributed by atoms with van der Waals surface area (Å²) in [7, 11) is 0. The summed E-state index contributed by atoms with van der Waals surface area (Å²) in [6.07, 6.45) is -5.73. The molecular formula is C19H32N4O11. The molecule has 0 bridgehead atoms. The van der Waals surface area contributed by atoms with Gasteiger partial charge >= 0.3 is 5.97 Å². The number of carboxylic acids is 1. The van der Waals surface area contributed by atoms with Crippen molar-refractivity contribution in [3.63, 3.8) is 0 Å². The number of aliphatic hydroxyl groups is 3. The lowest BCUT2D eigenvalue weighted by Crippen LogP contribution is -2.56. The lowest BCUT2D eigenvalue weighted by Gasteiger charge is -2.30. The summed E-state index contributed by atoms with van der Waals surface area (Å²) in [5, 5.41) is 44.3. The van der Waals surface area contributed by atoms with E-state index in [0.29, 0.717) is 0 Å². The van der Waals surface area contributed by atoms with Crippen LogP contribution in [0.3, 0.4) is 0 Å². The lowest BCUT2D eigenvalue weighted by atomic mass is 10.0. The molecule has 15 nitrogen and oxygen atoms in total. The van der Waals surface area contributed by atoms with Crippen LogP contribution < -0.4 is 21.7 Å². The number of nitrogens with one attached hydrogen (secondary N) is 3. The van der Waals surface area contributed by atoms with E-state index in [1.807, 2.05) is 0 Å². The van der Waals surface area contributed by atoms with Gasteiger partial charge in [0.15, 0.2) is 0 Å². The van der Waals surface area contributed by atoms with Gasteiger partial charge in [0.25, 0.3) is 0 Å². The van der Waals surface area contributed by atoms with Crippen LogP contribution in [0.2, 0.25) is 0 Å². The standard InChI is InChI=1S/C19H32N4O11/c1-3-13(27)22-11(6-24)17(16(31)12(26)7-25)34-8-14(28)21-9(2)19(33)23-10(18(20)32)4-5-15(29)30/h6,9-12,16-17,25-26,31H,3-5,7-8H2,1-2H3,(H2,20,32)(H,21,28)(H,22,27)(H,23,33)(H,29,30)/t9-,10+,11-,12+,16+,17+/m0/s1. The van der Waals surface area contributed by atoms with Crippen molar-refractivity contribution in [2.75, 3.05) is 13.2 Å². The predicted molar refractivity (Wildman–Crippen MR) is 113 cm³/mol. The van der Waals surface area contributed by atoms with Gasteiger partial charge in [0.2, 0.25) is 23.6 Å². The minimum absolute atomic E-state index is 0.0123. The SMILES string of the molecule is CCC(=O)N[C@@H](C=O)[C@@H](OCC(=O)N[C@@H](C)C(=O)N[C@H](CCC(=O)O)C(N)=O)[C@H](O)[C@H](O)CO. The molecule has 34 heavy (non-hydrogen) atoms. The van der Waals surface area contributed by atoms with E-state index in [1.54, 1.807) is 0 Å². The molecule has 0 aromatic heterocycles. The van der Waals surface area contributed by atoms with Gasteiger partial charge in [-0.25, -0.2) is 0 Å². The number of rotatable bonds is 17. The van der Waals surface area contributed by atoms with Gasteiger partial charge in [-0.2, -0.15) is 0 Å². The molecule has 0 saturated carbocycles. The summed E-state index contributed by atoms with van der Waals surface area (Å²) >= 11 is 0. The summed E-state index contributed by atoms with van der Waals surface area (Å²) in [6, 6.07) is -3.98. The average Bonchev–Trinajstić information content (AvgIpc) is 2.79. The smallest absolute Gasteiger partial charge is 0.303 e. The number of carbonyl (C=O) groups excluding carboxylic acids is 5. The maximum Gasteiger partial charge on any atom is 0.303 e. The second kappa shape index (κ2) is 15.7. The Kier molecular flexibility index (Phi) is 14.2. The zero-order valence-corrected chi connectivity index (χ0v) is 18.8. The summed E-state index contributed by atoms with van der Waals surface area (Å²) in [5.41, 5.74) is 5.13. The average molecular weight is 492 g/mol. The molecular weight excluding hydrogens is 460 g/mol. The predicted octanol–water partition coefficient (Wildman–Crippen LogP) is -4.48. The monoisotopic (exact) mass is 492 g/mol. The molecule has 0 unspecified atom stereocenters. The summed E-state index contributed by atoms with van der Waals surface area (Å²) in [6.45, 7) is 1.01. The second-order valence-corrected chi connectivity index (χ2v) is 7.28. The molecule has 15 heteroatoms. The van der Waals surface area contributed by atoms with E-state index in [1.165, 1.54) is 13.8 Å². The van der Waals surface area contributed by atoms with Gasteiger partial charge in [0.1, 0.15) is 49.3 Å². The quantitative estimate of drug-likeness (QED) is 0.0898. The van der Waals surface area contributed by atoms with E-state index in [9.17, 15) is 39.0 Å². The van der Waals surface area contributed by atoms with Crippen molar-refractivity contribution in [1.29, 1.82) is 0 Å². The maximum absolute atomic E-state index is 12.2. The Bertz CT molecular complexity index is 733. The molecule has 4 amide bonds. The highest BCUT2D eigenvalue weighted by molar-refractivity contribution is 5.91. The van der Waals surface area contributed by atoms with Crippen LogP contribution in [-0.4, -0.2) is 106 Å². The molecule has 6 atom stereocenters. The Labute approximate surface area is 195 Å². The number of aldehydes is 1. The zero-order chi connectivity index (χ0) is 26.4. The van der Waals surface area contributed by atoms with Crippen molar-refractivity contribution >= 4 is 35.9 Å². The fourth-order valence-corrected chi connectivity index (χ4v) is 2.59. The number of carbonyl (C=O) groups is 6. The minimum atomic E-state index is -1.86. The molecule has 194 valence electrons. The maximum atomic E-state index is 12.2. The highest BCUT2D eigenvalue weighted by Crippen LogP contribution is 2.10. The third kappa shape index (κ3) is 11.1. The van der Waals surface area contributed by atoms with Gasteiger partial charge in [-0.1, -0.05) is 6.92 Å². The van der Waals surface area contributed by atoms with Crippen molar-refractivity contribution in [3.05, 3.63) is 0 Å². The fourth-order valence-electron chi connectivity index (χ4n) is 2.59. The molecule has 0 aromatic carbocycles. The van der Waals surface area contributed by atoms with Crippen LogP contribution in [-0.2, 0) is 33.5 Å². The van der Waals surface area contributed by atoms with Gasteiger partial charge in [-0.05, 0) is 13.3 Å². The van der Waals surface area contributed by atoms with Crippen molar-refractivity contribution in [2.45, 2.75) is 69.5 Å². The Balaban J connectivity index is 5.11. The Morgan fingerprint density at radius 2 is 1.68 bits per heavy atom. The first-order valence-corrected chi connectivity index (χ1v) is 10.3. The minimum Gasteiger partial charge on any atom is -0.481 e. The molecule has 0 radical (unpaired) electrons. The topological polar surface area (TPSA) is 255 Å². The van der Waals surface area contributed by atoms with Crippen LogP contribution in [0, 0.1) is 0 Å². The first-order valence-electron chi connectivity index (χ1n) is 10.3. The third-order valence-electron chi connectivity index (χ3n) is 4.55. The van der Waals surface area contributed by atoms with Crippen LogP contribution in [0.25, 0.3) is 0 Å². The number of hydrogen-bond acceptors (Lipinski definition) is 10. The van der Waals surface area contributed by atoms with E-state index in [-0.39, 0.29) is 19.1 Å². The van der Waals surface area contributed by atoms with E-state index in [0.717, 1.165) is 0 Å². The number of aliphatic hydroxyl groups excluding tert-OH is 3. The third-order valence-corrected chi connectivity index (χ3v) is 4.55. The highest BCUT2D eigenvalue weighted by atomic mass is 16.5. The molecule has 0 spiro atoms. The highest BCUT2D eigenvalue weighted by Gasteiger charge is 2.35. The molecule has 0 saturated heterocycles. The van der Waals surface area contributed by atoms with Crippen LogP contribution in [0.15, 0.2) is 0 Å². The van der Waals surface area contributed by atoms with Crippen molar-refractivity contribution in [3.8, 4) is 0 Å². The summed E-state index contributed by atoms with van der Waals surface area (Å²) in [5.74, 6) is -4.52. The largest absolute Gasteiger partial charge is 0.481 e. The Morgan fingerprint density at radius 3 is 2.15 bits per heavy atom. The van der Waals surface area contributed by atoms with Crippen molar-refractivity contribution in [1.82, 2.24) is 16.0 Å². The molecule has 0 aliphatic rings. The first-order chi connectivity index (χ1) is 15.9. The molecule has 0 heterocycles. The van der Waals surface area contributed by atoms with Gasteiger partial charge in [0.05, 0.1) is 6.61 Å². The molecule has 9 N–H and O–H groups in total. The van der Waals surface area contributed by atoms with Gasteiger partial charge in [-0.15, -0.1) is 0 Å². The summed E-state index contributed by atoms with van der Waals surface area (Å²) in [4.78, 5) is 69.5. The zero-order valence-electron chi connectivity index (χ0n) is 18.8. The Hall–Kier alpha value is -3.14. The molecule has 0 rings (SSSR count). The van der Waals surface area contributed by atoms with E-state index in [4.69, 9.17) is 20.7 Å². The normalized spacial score (nSPS) is 16.1. The number of amides is 4. The Morgan fingerprint density at radius 1 is 1.06 bits per heavy atom. The van der Waals surface area contributed by atoms with Crippen LogP contribution in [0.1, 0.15) is 33.1 Å². The van der Waals surface area contributed by atoms with Crippen molar-refractivity contribution < 1.29 is 53.9 Å². The van der Waals surface area contributed by atoms with Gasteiger partial charge < -0.3 is 51.6 Å². The fraction of sp³-hybridized carbons (Fsp3) is 0.684. The number of ether oxygens (including phenoxy) is 1. The number of carboxylic acid groups (broad SMARTS) is 1. The van der Waals surface area contributed by atoms with E-state index < -0.39 is 85.7 Å². The van der Waals surface area contributed by atoms with Crippen LogP contribution >= 0.6 is 0 Å². The summed E-state index contributed by atoms with van der Waals surface area (Å²) < 4.78 is 5.20. The van der Waals surface area contributed by atoms with Crippen LogP contribution in [0.5, 0.6) is 0 Å². The second-order valence-electron chi connectivity index (χ2n) is 7.28. The molecule has 0 fully saturated rings. The number of aliphatic carboxylic acids is 1. The number of primary amides is 1. The van der Waals surface area contributed by atoms with Gasteiger partial charge in [-0.3, -0.25) is 24.0 Å². The molecule has 0 aliphatic heterocycles. The van der Waals surface area contributed by atoms with Crippen molar-refractivity contribution in [2.24, 2.45) is 5.73 Å². The number of hydrogen-bond donors (Lipinski definition) is 8. The van der Waals surface area contributed by atoms with E-state index >= 15 is 0 Å². The van der Waals surface area contributed by atoms with E-state index in [2.05, 4.69) is 16.0 Å². The molecule has 0 aromatic rings. The lowest BCUT2D eigenvalue weighted by molar-refractivity contribution is -0.146. The van der Waals surface area contributed by atoms with Crippen LogP contribution in [0.4, 0.5) is 0 Å². The number of nitrogens with two attached hydrogens (primary N) is 1. The van der Waals surface area contributed by atoms with Gasteiger partial charge in [0, 0.05) is 12.8 Å².